The van der Waals surface area contributed by atoms with Crippen LogP contribution < -0.4 is 0 Å². The molecule has 108 valence electrons. The van der Waals surface area contributed by atoms with E-state index in [-0.39, 0.29) is 16.8 Å². The summed E-state index contributed by atoms with van der Waals surface area (Å²) >= 11 is 0. The Morgan fingerprint density at radius 1 is 1.05 bits per heavy atom. The third-order valence-electron chi connectivity index (χ3n) is 3.21. The number of nitro groups is 1. The number of benzene rings is 2. The predicted molar refractivity (Wildman–Crippen MR) is 78.5 cm³/mol. The van der Waals surface area contributed by atoms with Gasteiger partial charge in [0.1, 0.15) is 17.5 Å². The first-order chi connectivity index (χ1) is 10.7. The number of para-hydroxylation sites is 1. The molecule has 0 saturated heterocycles. The summed E-state index contributed by atoms with van der Waals surface area (Å²) in [7, 11) is 0. The molecule has 0 unspecified atom stereocenters. The van der Waals surface area contributed by atoms with Crippen LogP contribution in [0.2, 0.25) is 0 Å². The van der Waals surface area contributed by atoms with Crippen LogP contribution in [0.1, 0.15) is 15.9 Å². The van der Waals surface area contributed by atoms with Crippen molar-refractivity contribution in [3.63, 3.8) is 0 Å². The molecule has 0 atom stereocenters. The molecule has 0 N–H and O–H groups in total. The van der Waals surface area contributed by atoms with E-state index in [0.29, 0.717) is 11.3 Å². The highest BCUT2D eigenvalue weighted by molar-refractivity contribution is 6.12. The Kier molecular flexibility index (Phi) is 3.49. The molecule has 0 amide bonds. The molecule has 0 aliphatic carbocycles. The fraction of sp³-hybridized carbons (Fsp3) is 0. The van der Waals surface area contributed by atoms with Crippen molar-refractivity contribution >= 4 is 11.5 Å². The van der Waals surface area contributed by atoms with E-state index in [1.54, 1.807) is 36.4 Å². The van der Waals surface area contributed by atoms with E-state index in [0.717, 1.165) is 0 Å². The summed E-state index contributed by atoms with van der Waals surface area (Å²) in [5.41, 5.74) is 0.708. The maximum Gasteiger partial charge on any atom is 0.290 e. The van der Waals surface area contributed by atoms with Gasteiger partial charge in [-0.05, 0) is 12.1 Å². The molecule has 2 aromatic carbocycles. The van der Waals surface area contributed by atoms with Gasteiger partial charge in [-0.2, -0.15) is 0 Å². The molecular weight excluding hydrogens is 284 g/mol. The summed E-state index contributed by atoms with van der Waals surface area (Å²) in [6.45, 7) is 0. The first-order valence-electron chi connectivity index (χ1n) is 6.46. The van der Waals surface area contributed by atoms with Crippen molar-refractivity contribution in [3.8, 4) is 11.3 Å². The standard InChI is InChI=1S/C16H10N2O4/c19-16(11-5-2-1-3-6-11)13-8-4-7-12(15(13)18(20)21)14-9-10-22-17-14/h1-10H. The summed E-state index contributed by atoms with van der Waals surface area (Å²) in [4.78, 5) is 23.4. The molecule has 0 saturated carbocycles. The number of hydrogen-bond donors (Lipinski definition) is 0. The molecule has 0 bridgehead atoms. The van der Waals surface area contributed by atoms with Gasteiger partial charge in [-0.15, -0.1) is 0 Å². The van der Waals surface area contributed by atoms with Crippen LogP contribution >= 0.6 is 0 Å². The molecule has 6 heteroatoms. The summed E-state index contributed by atoms with van der Waals surface area (Å²) in [6.07, 6.45) is 1.32. The van der Waals surface area contributed by atoms with Gasteiger partial charge >= 0.3 is 0 Å². The van der Waals surface area contributed by atoms with Crippen molar-refractivity contribution < 1.29 is 14.2 Å². The Balaban J connectivity index is 2.19. The van der Waals surface area contributed by atoms with Crippen molar-refractivity contribution in [2.75, 3.05) is 0 Å². The zero-order chi connectivity index (χ0) is 15.5. The summed E-state index contributed by atoms with van der Waals surface area (Å²) in [6, 6.07) is 14.5. The lowest BCUT2D eigenvalue weighted by Crippen LogP contribution is -2.06. The van der Waals surface area contributed by atoms with Crippen molar-refractivity contribution in [2.45, 2.75) is 0 Å². The second-order valence-electron chi connectivity index (χ2n) is 4.54. The molecule has 1 aromatic heterocycles. The van der Waals surface area contributed by atoms with E-state index in [1.807, 2.05) is 0 Å². The normalized spacial score (nSPS) is 10.4. The zero-order valence-corrected chi connectivity index (χ0v) is 11.3. The molecule has 0 aliphatic rings. The fourth-order valence-corrected chi connectivity index (χ4v) is 2.23. The van der Waals surface area contributed by atoms with E-state index in [2.05, 4.69) is 5.16 Å². The fourth-order valence-electron chi connectivity index (χ4n) is 2.23. The lowest BCUT2D eigenvalue weighted by Gasteiger charge is -2.05. The highest BCUT2D eigenvalue weighted by Crippen LogP contribution is 2.33. The number of aromatic nitrogens is 1. The average molecular weight is 294 g/mol. The summed E-state index contributed by atoms with van der Waals surface area (Å²) in [5.74, 6) is -0.405. The molecular formula is C16H10N2O4. The molecule has 0 spiro atoms. The lowest BCUT2D eigenvalue weighted by atomic mass is 9.98. The maximum absolute atomic E-state index is 12.5. The highest BCUT2D eigenvalue weighted by Gasteiger charge is 2.26. The Morgan fingerprint density at radius 3 is 2.45 bits per heavy atom. The molecule has 0 fully saturated rings. The molecule has 3 aromatic rings. The first kappa shape index (κ1) is 13.7. The molecule has 6 nitrogen and oxygen atoms in total. The highest BCUT2D eigenvalue weighted by atomic mass is 16.6. The minimum absolute atomic E-state index is 0.0247. The Labute approximate surface area is 125 Å². The van der Waals surface area contributed by atoms with Gasteiger partial charge < -0.3 is 4.52 Å². The number of ketones is 1. The molecule has 3 rings (SSSR count). The molecule has 0 aliphatic heterocycles. The van der Waals surface area contributed by atoms with Gasteiger partial charge in [-0.3, -0.25) is 14.9 Å². The number of nitro benzene ring substituents is 1. The van der Waals surface area contributed by atoms with Crippen molar-refractivity contribution in [3.05, 3.63) is 82.1 Å². The van der Waals surface area contributed by atoms with Crippen LogP contribution in [0.3, 0.4) is 0 Å². The molecule has 1 heterocycles. The maximum atomic E-state index is 12.5. The van der Waals surface area contributed by atoms with Gasteiger partial charge in [-0.25, -0.2) is 0 Å². The number of carbonyl (C=O) groups excluding carboxylic acids is 1. The summed E-state index contributed by atoms with van der Waals surface area (Å²) in [5, 5.41) is 15.2. The van der Waals surface area contributed by atoms with Gasteiger partial charge in [0.05, 0.1) is 10.5 Å². The number of rotatable bonds is 4. The topological polar surface area (TPSA) is 86.2 Å². The SMILES string of the molecule is O=C(c1ccccc1)c1cccc(-c2ccon2)c1[N+](=O)[O-]. The molecule has 0 radical (unpaired) electrons. The van der Waals surface area contributed by atoms with E-state index in [9.17, 15) is 14.9 Å². The van der Waals surface area contributed by atoms with Crippen LogP contribution in [0.5, 0.6) is 0 Å². The van der Waals surface area contributed by atoms with Crippen LogP contribution in [0.15, 0.2) is 65.4 Å². The number of carbonyl (C=O) groups is 1. The van der Waals surface area contributed by atoms with Gasteiger partial charge in [0, 0.05) is 11.6 Å². The minimum Gasteiger partial charge on any atom is -0.364 e. The van der Waals surface area contributed by atoms with E-state index >= 15 is 0 Å². The third-order valence-corrected chi connectivity index (χ3v) is 3.21. The van der Waals surface area contributed by atoms with Crippen LogP contribution in [0, 0.1) is 10.1 Å². The number of nitrogens with zero attached hydrogens (tertiary/aromatic N) is 2. The van der Waals surface area contributed by atoms with Crippen molar-refractivity contribution in [1.82, 2.24) is 5.16 Å². The van der Waals surface area contributed by atoms with Gasteiger partial charge in [0.25, 0.3) is 5.69 Å². The van der Waals surface area contributed by atoms with Gasteiger partial charge in [-0.1, -0.05) is 41.6 Å². The van der Waals surface area contributed by atoms with Crippen molar-refractivity contribution in [2.24, 2.45) is 0 Å². The largest absolute Gasteiger partial charge is 0.364 e. The third kappa shape index (κ3) is 2.37. The Morgan fingerprint density at radius 2 is 1.82 bits per heavy atom. The van der Waals surface area contributed by atoms with E-state index in [1.165, 1.54) is 24.5 Å². The van der Waals surface area contributed by atoms with Gasteiger partial charge in [0.2, 0.25) is 0 Å². The van der Waals surface area contributed by atoms with Crippen LogP contribution in [-0.2, 0) is 0 Å². The predicted octanol–water partition coefficient (Wildman–Crippen LogP) is 3.48. The van der Waals surface area contributed by atoms with Crippen LogP contribution in [0.25, 0.3) is 11.3 Å². The summed E-state index contributed by atoms with van der Waals surface area (Å²) < 4.78 is 4.73. The average Bonchev–Trinajstić information content (AvgIpc) is 3.08. The Bertz CT molecular complexity index is 827. The lowest BCUT2D eigenvalue weighted by molar-refractivity contribution is -0.384. The smallest absolute Gasteiger partial charge is 0.290 e. The molecule has 22 heavy (non-hydrogen) atoms. The van der Waals surface area contributed by atoms with Crippen LogP contribution in [0.4, 0.5) is 5.69 Å². The van der Waals surface area contributed by atoms with Crippen LogP contribution in [-0.4, -0.2) is 15.9 Å². The second kappa shape index (κ2) is 5.61. The first-order valence-corrected chi connectivity index (χ1v) is 6.46. The van der Waals surface area contributed by atoms with E-state index in [4.69, 9.17) is 4.52 Å². The monoisotopic (exact) mass is 294 g/mol. The zero-order valence-electron chi connectivity index (χ0n) is 11.3. The second-order valence-corrected chi connectivity index (χ2v) is 4.54. The quantitative estimate of drug-likeness (QED) is 0.417. The Hall–Kier alpha value is -3.28. The van der Waals surface area contributed by atoms with E-state index < -0.39 is 10.7 Å². The minimum atomic E-state index is -0.569. The van der Waals surface area contributed by atoms with Gasteiger partial charge in [0.15, 0.2) is 5.78 Å². The number of hydrogen-bond acceptors (Lipinski definition) is 5. The van der Waals surface area contributed by atoms with Crippen molar-refractivity contribution in [1.29, 1.82) is 0 Å².